The largest absolute Gasteiger partial charge is 0.383 e. The molecule has 0 aliphatic carbocycles. The second-order valence-corrected chi connectivity index (χ2v) is 5.01. The Bertz CT molecular complexity index is 241. The molecule has 0 fully saturated rings. The van der Waals surface area contributed by atoms with Gasteiger partial charge in [0.1, 0.15) is 0 Å². The Labute approximate surface area is 85.6 Å². The molecule has 0 aromatic heterocycles. The van der Waals surface area contributed by atoms with E-state index in [4.69, 9.17) is 10.5 Å². The van der Waals surface area contributed by atoms with Gasteiger partial charge < -0.3 is 10.5 Å². The summed E-state index contributed by atoms with van der Waals surface area (Å²) in [5.74, 6) is 0. The molecular formula is C7H19N3O3S. The fourth-order valence-electron chi connectivity index (χ4n) is 0.887. The second kappa shape index (κ2) is 6.31. The van der Waals surface area contributed by atoms with Crippen molar-refractivity contribution in [3.63, 3.8) is 0 Å². The minimum atomic E-state index is -3.40. The van der Waals surface area contributed by atoms with Gasteiger partial charge in [-0.15, -0.1) is 0 Å². The van der Waals surface area contributed by atoms with E-state index >= 15 is 0 Å². The summed E-state index contributed by atoms with van der Waals surface area (Å²) >= 11 is 0. The van der Waals surface area contributed by atoms with Crippen molar-refractivity contribution >= 4 is 10.2 Å². The van der Waals surface area contributed by atoms with Crippen molar-refractivity contribution in [3.05, 3.63) is 0 Å². The van der Waals surface area contributed by atoms with Crippen LogP contribution >= 0.6 is 0 Å². The minimum Gasteiger partial charge on any atom is -0.383 e. The van der Waals surface area contributed by atoms with Crippen LogP contribution in [0.1, 0.15) is 6.92 Å². The second-order valence-electron chi connectivity index (χ2n) is 3.15. The summed E-state index contributed by atoms with van der Waals surface area (Å²) in [6.45, 7) is 2.66. The molecule has 0 radical (unpaired) electrons. The highest BCUT2D eigenvalue weighted by Gasteiger charge is 2.17. The molecule has 1 atom stereocenters. The van der Waals surface area contributed by atoms with Crippen LogP contribution in [0.4, 0.5) is 0 Å². The first-order valence-electron chi connectivity index (χ1n) is 4.35. The first-order valence-corrected chi connectivity index (χ1v) is 5.79. The standard InChI is InChI=1S/C7H19N3O3S/c1-7(8)6-10(2)14(11,12)9-4-5-13-3/h7,9H,4-6,8H2,1-3H3. The monoisotopic (exact) mass is 225 g/mol. The van der Waals surface area contributed by atoms with Gasteiger partial charge in [0, 0.05) is 33.3 Å². The molecule has 0 saturated heterocycles. The lowest BCUT2D eigenvalue weighted by atomic mass is 10.4. The fraction of sp³-hybridized carbons (Fsp3) is 1.00. The summed E-state index contributed by atoms with van der Waals surface area (Å²) in [7, 11) is -0.406. The Balaban J connectivity index is 4.04. The van der Waals surface area contributed by atoms with Gasteiger partial charge in [0.05, 0.1) is 6.61 Å². The molecule has 3 N–H and O–H groups in total. The molecule has 0 rings (SSSR count). The Morgan fingerprint density at radius 3 is 2.57 bits per heavy atom. The number of rotatable bonds is 7. The molecule has 1 unspecified atom stereocenters. The van der Waals surface area contributed by atoms with Crippen LogP contribution in [0, 0.1) is 0 Å². The van der Waals surface area contributed by atoms with E-state index in [0.717, 1.165) is 0 Å². The summed E-state index contributed by atoms with van der Waals surface area (Å²) in [5.41, 5.74) is 5.49. The molecule has 6 nitrogen and oxygen atoms in total. The van der Waals surface area contributed by atoms with E-state index in [1.165, 1.54) is 18.5 Å². The van der Waals surface area contributed by atoms with E-state index in [-0.39, 0.29) is 12.6 Å². The quantitative estimate of drug-likeness (QED) is 0.530. The van der Waals surface area contributed by atoms with E-state index in [0.29, 0.717) is 13.2 Å². The van der Waals surface area contributed by atoms with Gasteiger partial charge in [-0.1, -0.05) is 0 Å². The molecule has 86 valence electrons. The third-order valence-electron chi connectivity index (χ3n) is 1.55. The van der Waals surface area contributed by atoms with Crippen LogP contribution in [0.2, 0.25) is 0 Å². The molecule has 0 saturated carbocycles. The molecule has 0 aliphatic heterocycles. The summed E-state index contributed by atoms with van der Waals surface area (Å²) in [5, 5.41) is 0. The molecular weight excluding hydrogens is 206 g/mol. The number of nitrogens with one attached hydrogen (secondary N) is 1. The Kier molecular flexibility index (Phi) is 6.21. The van der Waals surface area contributed by atoms with Crippen molar-refractivity contribution in [2.45, 2.75) is 13.0 Å². The fourth-order valence-corrected chi connectivity index (χ4v) is 1.88. The van der Waals surface area contributed by atoms with Crippen molar-refractivity contribution in [1.82, 2.24) is 9.03 Å². The normalized spacial score (nSPS) is 14.6. The lowest BCUT2D eigenvalue weighted by molar-refractivity contribution is 0.204. The Morgan fingerprint density at radius 2 is 2.14 bits per heavy atom. The van der Waals surface area contributed by atoms with E-state index in [2.05, 4.69) is 4.72 Å². The molecule has 0 spiro atoms. The van der Waals surface area contributed by atoms with Gasteiger partial charge in [0.15, 0.2) is 0 Å². The van der Waals surface area contributed by atoms with E-state index in [9.17, 15) is 8.42 Å². The minimum absolute atomic E-state index is 0.181. The highest BCUT2D eigenvalue weighted by Crippen LogP contribution is 1.94. The highest BCUT2D eigenvalue weighted by atomic mass is 32.2. The van der Waals surface area contributed by atoms with E-state index in [1.54, 1.807) is 6.92 Å². The number of hydrogen-bond donors (Lipinski definition) is 2. The van der Waals surface area contributed by atoms with E-state index < -0.39 is 10.2 Å². The van der Waals surface area contributed by atoms with Crippen LogP contribution in [0.25, 0.3) is 0 Å². The molecule has 0 bridgehead atoms. The predicted octanol–water partition coefficient (Wildman–Crippen LogP) is -1.25. The first-order chi connectivity index (χ1) is 6.40. The maximum Gasteiger partial charge on any atom is 0.279 e. The first kappa shape index (κ1) is 13.8. The average Bonchev–Trinajstić information content (AvgIpc) is 2.03. The third kappa shape index (κ3) is 5.51. The summed E-state index contributed by atoms with van der Waals surface area (Å²) < 4.78 is 31.2. The predicted molar refractivity (Wildman–Crippen MR) is 55.1 cm³/mol. The van der Waals surface area contributed by atoms with Crippen LogP contribution in [-0.2, 0) is 14.9 Å². The molecule has 0 amide bonds. The van der Waals surface area contributed by atoms with Gasteiger partial charge in [-0.05, 0) is 6.92 Å². The van der Waals surface area contributed by atoms with Crippen LogP contribution < -0.4 is 10.5 Å². The third-order valence-corrected chi connectivity index (χ3v) is 3.08. The summed E-state index contributed by atoms with van der Waals surface area (Å²) in [6.07, 6.45) is 0. The lowest BCUT2D eigenvalue weighted by Crippen LogP contribution is -2.44. The summed E-state index contributed by atoms with van der Waals surface area (Å²) in [6, 6.07) is -0.181. The van der Waals surface area contributed by atoms with Crippen LogP contribution in [-0.4, -0.2) is 52.6 Å². The molecule has 14 heavy (non-hydrogen) atoms. The van der Waals surface area contributed by atoms with Gasteiger partial charge in [0.25, 0.3) is 10.2 Å². The van der Waals surface area contributed by atoms with Gasteiger partial charge in [0.2, 0.25) is 0 Å². The number of ether oxygens (including phenoxy) is 1. The number of nitrogens with two attached hydrogens (primary N) is 1. The van der Waals surface area contributed by atoms with Gasteiger partial charge in [-0.3, -0.25) is 0 Å². The van der Waals surface area contributed by atoms with Gasteiger partial charge in [-0.25, -0.2) is 0 Å². The Hall–Kier alpha value is -0.210. The number of nitrogens with zero attached hydrogens (tertiary/aromatic N) is 1. The molecule has 0 aliphatic rings. The number of hydrogen-bond acceptors (Lipinski definition) is 4. The van der Waals surface area contributed by atoms with E-state index in [1.807, 2.05) is 0 Å². The number of likely N-dealkylation sites (N-methyl/N-ethyl adjacent to an activating group) is 1. The zero-order chi connectivity index (χ0) is 11.2. The summed E-state index contributed by atoms with van der Waals surface area (Å²) in [4.78, 5) is 0. The van der Waals surface area contributed by atoms with Crippen LogP contribution in [0.5, 0.6) is 0 Å². The van der Waals surface area contributed by atoms with Gasteiger partial charge in [-0.2, -0.15) is 17.4 Å². The zero-order valence-corrected chi connectivity index (χ0v) is 9.67. The van der Waals surface area contributed by atoms with Crippen LogP contribution in [0.15, 0.2) is 0 Å². The SMILES string of the molecule is COCCNS(=O)(=O)N(C)CC(C)N. The highest BCUT2D eigenvalue weighted by molar-refractivity contribution is 7.87. The smallest absolute Gasteiger partial charge is 0.279 e. The van der Waals surface area contributed by atoms with Crippen molar-refractivity contribution < 1.29 is 13.2 Å². The zero-order valence-electron chi connectivity index (χ0n) is 8.86. The number of methoxy groups -OCH3 is 1. The maximum absolute atomic E-state index is 11.4. The molecule has 0 aromatic rings. The van der Waals surface area contributed by atoms with Crippen molar-refractivity contribution in [2.24, 2.45) is 5.73 Å². The topological polar surface area (TPSA) is 84.7 Å². The van der Waals surface area contributed by atoms with Gasteiger partial charge >= 0.3 is 0 Å². The van der Waals surface area contributed by atoms with Crippen molar-refractivity contribution in [3.8, 4) is 0 Å². The average molecular weight is 225 g/mol. The Morgan fingerprint density at radius 1 is 1.57 bits per heavy atom. The molecule has 7 heteroatoms. The maximum atomic E-state index is 11.4. The lowest BCUT2D eigenvalue weighted by Gasteiger charge is -2.19. The van der Waals surface area contributed by atoms with Crippen molar-refractivity contribution in [1.29, 1.82) is 0 Å². The molecule has 0 aromatic carbocycles. The molecule has 0 heterocycles. The van der Waals surface area contributed by atoms with Crippen LogP contribution in [0.3, 0.4) is 0 Å². The van der Waals surface area contributed by atoms with Crippen molar-refractivity contribution in [2.75, 3.05) is 33.9 Å².